The Balaban J connectivity index is 2.73. The van der Waals surface area contributed by atoms with E-state index in [4.69, 9.17) is 0 Å². The van der Waals surface area contributed by atoms with Crippen LogP contribution in [0, 0.1) is 5.92 Å². The maximum Gasteiger partial charge on any atom is 0.534 e. The van der Waals surface area contributed by atoms with E-state index >= 15 is 0 Å². The van der Waals surface area contributed by atoms with Crippen LogP contribution in [0.5, 0.6) is 5.75 Å². The number of halogens is 3. The first-order valence-corrected chi connectivity index (χ1v) is 7.51. The summed E-state index contributed by atoms with van der Waals surface area (Å²) in [6.07, 6.45) is 0.965. The first-order valence-electron chi connectivity index (χ1n) is 6.10. The summed E-state index contributed by atoms with van der Waals surface area (Å²) in [5.41, 5.74) is -4.68. The lowest BCUT2D eigenvalue weighted by atomic mass is 9.96. The van der Waals surface area contributed by atoms with Crippen LogP contribution >= 0.6 is 0 Å². The molecule has 0 bridgehead atoms. The zero-order valence-electron chi connectivity index (χ0n) is 11.5. The standard InChI is InChI=1S/C13H15F3O4S/c1-9(7-10(2)17)8-11-3-5-12(6-4-11)20-21(18,19)13(14,15)16/h3-6,9H,7-8H2,1-2H3. The molecule has 0 radical (unpaired) electrons. The normalized spacial score (nSPS) is 13.8. The highest BCUT2D eigenvalue weighted by Gasteiger charge is 2.48. The van der Waals surface area contributed by atoms with E-state index in [1.165, 1.54) is 19.1 Å². The van der Waals surface area contributed by atoms with Crippen molar-refractivity contribution in [3.63, 3.8) is 0 Å². The van der Waals surface area contributed by atoms with Crippen molar-refractivity contribution in [2.24, 2.45) is 5.92 Å². The van der Waals surface area contributed by atoms with Gasteiger partial charge in [-0.25, -0.2) is 0 Å². The van der Waals surface area contributed by atoms with E-state index in [0.717, 1.165) is 17.7 Å². The molecular weight excluding hydrogens is 309 g/mol. The molecule has 0 amide bonds. The molecule has 0 aliphatic heterocycles. The number of hydrogen-bond donors (Lipinski definition) is 0. The van der Waals surface area contributed by atoms with Gasteiger partial charge in [0.2, 0.25) is 0 Å². The Hall–Kier alpha value is -1.57. The van der Waals surface area contributed by atoms with Gasteiger partial charge in [0.15, 0.2) is 0 Å². The minimum absolute atomic E-state index is 0.0544. The van der Waals surface area contributed by atoms with Gasteiger partial charge in [0, 0.05) is 6.42 Å². The highest BCUT2D eigenvalue weighted by molar-refractivity contribution is 7.87. The molecule has 0 aliphatic carbocycles. The van der Waals surface area contributed by atoms with Gasteiger partial charge >= 0.3 is 15.6 Å². The Morgan fingerprint density at radius 1 is 1.24 bits per heavy atom. The van der Waals surface area contributed by atoms with Crippen LogP contribution < -0.4 is 4.18 Å². The first-order chi connectivity index (χ1) is 9.51. The summed E-state index contributed by atoms with van der Waals surface area (Å²) in [7, 11) is -5.65. The molecule has 0 heterocycles. The fourth-order valence-electron chi connectivity index (χ4n) is 1.82. The molecular formula is C13H15F3O4S. The average molecular weight is 324 g/mol. The van der Waals surface area contributed by atoms with Crippen LogP contribution in [0.1, 0.15) is 25.8 Å². The van der Waals surface area contributed by atoms with Crippen molar-refractivity contribution in [1.82, 2.24) is 0 Å². The van der Waals surface area contributed by atoms with E-state index in [-0.39, 0.29) is 11.7 Å². The summed E-state index contributed by atoms with van der Waals surface area (Å²) in [5, 5.41) is 0. The predicted octanol–water partition coefficient (Wildman–Crippen LogP) is 3.07. The first kappa shape index (κ1) is 17.5. The lowest BCUT2D eigenvalue weighted by molar-refractivity contribution is -0.117. The Labute approximate surface area is 121 Å². The molecule has 1 unspecified atom stereocenters. The van der Waals surface area contributed by atoms with Gasteiger partial charge in [-0.3, -0.25) is 0 Å². The van der Waals surface area contributed by atoms with Crippen molar-refractivity contribution < 1.29 is 30.6 Å². The van der Waals surface area contributed by atoms with Gasteiger partial charge < -0.3 is 8.98 Å². The van der Waals surface area contributed by atoms with E-state index in [1.54, 1.807) is 0 Å². The van der Waals surface area contributed by atoms with Crippen molar-refractivity contribution in [3.8, 4) is 5.75 Å². The number of ketones is 1. The highest BCUT2D eigenvalue weighted by atomic mass is 32.2. The minimum atomic E-state index is -5.65. The third kappa shape index (κ3) is 5.37. The molecule has 1 atom stereocenters. The Bertz CT molecular complexity index is 591. The minimum Gasteiger partial charge on any atom is -0.376 e. The molecule has 8 heteroatoms. The van der Waals surface area contributed by atoms with Crippen LogP contribution in [0.4, 0.5) is 13.2 Å². The van der Waals surface area contributed by atoms with Crippen molar-refractivity contribution in [3.05, 3.63) is 29.8 Å². The van der Waals surface area contributed by atoms with Crippen LogP contribution in [-0.2, 0) is 21.3 Å². The van der Waals surface area contributed by atoms with E-state index in [9.17, 15) is 26.4 Å². The second-order valence-electron chi connectivity index (χ2n) is 4.84. The number of alkyl halides is 3. The second kappa shape index (κ2) is 6.46. The summed E-state index contributed by atoms with van der Waals surface area (Å²) in [6.45, 7) is 3.36. The van der Waals surface area contributed by atoms with E-state index in [1.807, 2.05) is 6.92 Å². The second-order valence-corrected chi connectivity index (χ2v) is 6.38. The number of carbonyl (C=O) groups is 1. The Kier molecular flexibility index (Phi) is 5.38. The quantitative estimate of drug-likeness (QED) is 0.596. The van der Waals surface area contributed by atoms with Gasteiger partial charge in [-0.2, -0.15) is 21.6 Å². The third-order valence-corrected chi connectivity index (χ3v) is 3.61. The maximum atomic E-state index is 12.1. The molecule has 1 rings (SSSR count). The van der Waals surface area contributed by atoms with Crippen molar-refractivity contribution in [1.29, 1.82) is 0 Å². The fourth-order valence-corrected chi connectivity index (χ4v) is 2.28. The van der Waals surface area contributed by atoms with Crippen LogP contribution in [0.2, 0.25) is 0 Å². The molecule has 0 N–H and O–H groups in total. The van der Waals surface area contributed by atoms with Gasteiger partial charge in [-0.05, 0) is 37.0 Å². The zero-order valence-corrected chi connectivity index (χ0v) is 12.3. The summed E-state index contributed by atoms with van der Waals surface area (Å²) < 4.78 is 62.1. The molecule has 0 aromatic heterocycles. The SMILES string of the molecule is CC(=O)CC(C)Cc1ccc(OS(=O)(=O)C(F)(F)F)cc1. The van der Waals surface area contributed by atoms with Crippen LogP contribution in [0.15, 0.2) is 24.3 Å². The van der Waals surface area contributed by atoms with E-state index < -0.39 is 21.4 Å². The number of Topliss-reactive ketones (excluding diaryl/α,β-unsaturated/α-hetero) is 1. The van der Waals surface area contributed by atoms with Crippen LogP contribution in [0.25, 0.3) is 0 Å². The lowest BCUT2D eigenvalue weighted by Gasteiger charge is -2.11. The van der Waals surface area contributed by atoms with Gasteiger partial charge in [0.05, 0.1) is 0 Å². The van der Waals surface area contributed by atoms with Gasteiger partial charge in [0.25, 0.3) is 0 Å². The maximum absolute atomic E-state index is 12.1. The molecule has 1 aromatic carbocycles. The molecule has 21 heavy (non-hydrogen) atoms. The van der Waals surface area contributed by atoms with Crippen LogP contribution in [0.3, 0.4) is 0 Å². The summed E-state index contributed by atoms with van der Waals surface area (Å²) in [5.74, 6) is -0.262. The summed E-state index contributed by atoms with van der Waals surface area (Å²) in [6, 6.07) is 5.24. The van der Waals surface area contributed by atoms with E-state index in [0.29, 0.717) is 12.8 Å². The molecule has 0 aliphatic rings. The van der Waals surface area contributed by atoms with Crippen LogP contribution in [-0.4, -0.2) is 19.7 Å². The Morgan fingerprint density at radius 3 is 2.19 bits per heavy atom. The van der Waals surface area contributed by atoms with Crippen molar-refractivity contribution >= 4 is 15.9 Å². The number of rotatable bonds is 6. The Morgan fingerprint density at radius 2 is 1.76 bits per heavy atom. The predicted molar refractivity (Wildman–Crippen MR) is 70.2 cm³/mol. The molecule has 0 spiro atoms. The third-order valence-electron chi connectivity index (χ3n) is 2.63. The smallest absolute Gasteiger partial charge is 0.376 e. The summed E-state index contributed by atoms with van der Waals surface area (Å²) in [4.78, 5) is 11.0. The molecule has 0 fully saturated rings. The molecule has 0 saturated carbocycles. The number of carbonyl (C=O) groups excluding carboxylic acids is 1. The molecule has 0 saturated heterocycles. The monoisotopic (exact) mass is 324 g/mol. The number of hydrogen-bond acceptors (Lipinski definition) is 4. The lowest BCUT2D eigenvalue weighted by Crippen LogP contribution is -2.28. The topological polar surface area (TPSA) is 60.4 Å². The number of benzene rings is 1. The van der Waals surface area contributed by atoms with Crippen molar-refractivity contribution in [2.75, 3.05) is 0 Å². The summed E-state index contributed by atoms with van der Waals surface area (Å²) >= 11 is 0. The van der Waals surface area contributed by atoms with Gasteiger partial charge in [0.1, 0.15) is 11.5 Å². The molecule has 1 aromatic rings. The fraction of sp³-hybridized carbons (Fsp3) is 0.462. The van der Waals surface area contributed by atoms with Crippen molar-refractivity contribution in [2.45, 2.75) is 32.2 Å². The van der Waals surface area contributed by atoms with Gasteiger partial charge in [-0.1, -0.05) is 19.1 Å². The largest absolute Gasteiger partial charge is 0.534 e. The molecule has 118 valence electrons. The van der Waals surface area contributed by atoms with Gasteiger partial charge in [-0.15, -0.1) is 0 Å². The highest BCUT2D eigenvalue weighted by Crippen LogP contribution is 2.27. The van der Waals surface area contributed by atoms with E-state index in [2.05, 4.69) is 4.18 Å². The zero-order chi connectivity index (χ0) is 16.3. The molecule has 4 nitrogen and oxygen atoms in total. The average Bonchev–Trinajstić information content (AvgIpc) is 2.28.